The summed E-state index contributed by atoms with van der Waals surface area (Å²) in [5.74, 6) is 0.374. The third-order valence-corrected chi connectivity index (χ3v) is 7.14. The molecule has 0 bridgehead atoms. The van der Waals surface area contributed by atoms with Gasteiger partial charge in [0.25, 0.3) is 0 Å². The summed E-state index contributed by atoms with van der Waals surface area (Å²) in [6.07, 6.45) is 2.73. The maximum absolute atomic E-state index is 14.0. The lowest BCUT2D eigenvalue weighted by Crippen LogP contribution is -2.38. The molecule has 0 fully saturated rings. The second-order valence-corrected chi connectivity index (χ2v) is 9.56. The number of aryl methyl sites for hydroxylation is 1. The zero-order valence-electron chi connectivity index (χ0n) is 20.7. The van der Waals surface area contributed by atoms with Gasteiger partial charge in [0.15, 0.2) is 0 Å². The van der Waals surface area contributed by atoms with Gasteiger partial charge in [-0.3, -0.25) is 0 Å². The molecule has 6 nitrogen and oxygen atoms in total. The first-order chi connectivity index (χ1) is 18.5. The van der Waals surface area contributed by atoms with E-state index in [1.165, 1.54) is 18.2 Å². The number of fused-ring (bicyclic) bond motifs is 3. The number of amides is 2. The van der Waals surface area contributed by atoms with E-state index in [1.807, 2.05) is 83.7 Å². The Morgan fingerprint density at radius 3 is 2.47 bits per heavy atom. The molecule has 0 spiro atoms. The summed E-state index contributed by atoms with van der Waals surface area (Å²) < 4.78 is 17.9. The topological polar surface area (TPSA) is 55.1 Å². The Hall–Kier alpha value is -4.36. The average Bonchev–Trinajstić information content (AvgIpc) is 3.53. The second-order valence-electron chi connectivity index (χ2n) is 9.15. The first kappa shape index (κ1) is 24.0. The van der Waals surface area contributed by atoms with Gasteiger partial charge in [0, 0.05) is 17.4 Å². The van der Waals surface area contributed by atoms with E-state index in [0.717, 1.165) is 34.0 Å². The first-order valence-corrected chi connectivity index (χ1v) is 12.8. The summed E-state index contributed by atoms with van der Waals surface area (Å²) in [5, 5.41) is 7.86. The molecule has 6 rings (SSSR count). The van der Waals surface area contributed by atoms with E-state index in [4.69, 9.17) is 16.7 Å². The molecule has 2 amide bonds. The number of hydrogen-bond acceptors (Lipinski definition) is 2. The second kappa shape index (κ2) is 9.84. The van der Waals surface area contributed by atoms with Crippen LogP contribution < -0.4 is 5.32 Å². The van der Waals surface area contributed by atoms with Crippen LogP contribution in [-0.4, -0.2) is 25.3 Å². The van der Waals surface area contributed by atoms with Crippen molar-refractivity contribution in [3.8, 4) is 11.5 Å². The van der Waals surface area contributed by atoms with Crippen LogP contribution in [0, 0.1) is 5.82 Å². The van der Waals surface area contributed by atoms with E-state index >= 15 is 0 Å². The van der Waals surface area contributed by atoms with Crippen molar-refractivity contribution in [2.24, 2.45) is 0 Å². The van der Waals surface area contributed by atoms with Crippen molar-refractivity contribution in [3.05, 3.63) is 131 Å². The van der Waals surface area contributed by atoms with Crippen LogP contribution in [0.4, 0.5) is 14.9 Å². The van der Waals surface area contributed by atoms with E-state index in [-0.39, 0.29) is 17.1 Å². The first-order valence-electron chi connectivity index (χ1n) is 12.5. The smallest absolute Gasteiger partial charge is 0.308 e. The van der Waals surface area contributed by atoms with E-state index in [0.29, 0.717) is 18.7 Å². The number of urea groups is 1. The van der Waals surface area contributed by atoms with Crippen LogP contribution in [0.25, 0.3) is 11.5 Å². The number of hydrogen-bond donors (Lipinski definition) is 1. The van der Waals surface area contributed by atoms with E-state index in [9.17, 15) is 9.18 Å². The van der Waals surface area contributed by atoms with Gasteiger partial charge in [0.1, 0.15) is 11.6 Å². The maximum Gasteiger partial charge on any atom is 0.322 e. The normalized spacial score (nSPS) is 14.5. The minimum absolute atomic E-state index is 0.0492. The molecule has 38 heavy (non-hydrogen) atoms. The lowest BCUT2D eigenvalue weighted by atomic mass is 10.0. The van der Waals surface area contributed by atoms with E-state index < -0.39 is 5.82 Å². The fraction of sp³-hybridized carbons (Fsp3) is 0.133. The molecule has 3 heterocycles. The van der Waals surface area contributed by atoms with Crippen LogP contribution in [0.2, 0.25) is 5.02 Å². The number of nitrogens with one attached hydrogen (secondary N) is 1. The molecule has 8 heteroatoms. The SMILES string of the molecule is CCc1nn(-c2ccccc2)c2c1CN(C(=O)Nc1ccc(F)c(Cl)c1)[C@@H](c1ccccc1)c1cccn1-2. The monoisotopic (exact) mass is 525 g/mol. The zero-order valence-corrected chi connectivity index (χ0v) is 21.4. The predicted octanol–water partition coefficient (Wildman–Crippen LogP) is 7.16. The molecule has 1 atom stereocenters. The highest BCUT2D eigenvalue weighted by molar-refractivity contribution is 6.31. The minimum atomic E-state index is -0.537. The van der Waals surface area contributed by atoms with Crippen molar-refractivity contribution >= 4 is 23.3 Å². The average molecular weight is 526 g/mol. The number of para-hydroxylation sites is 1. The van der Waals surface area contributed by atoms with Crippen molar-refractivity contribution < 1.29 is 9.18 Å². The molecule has 0 radical (unpaired) electrons. The quantitative estimate of drug-likeness (QED) is 0.271. The lowest BCUT2D eigenvalue weighted by Gasteiger charge is -2.31. The molecule has 2 aromatic heterocycles. The largest absolute Gasteiger partial charge is 0.322 e. The Labute approximate surface area is 224 Å². The number of rotatable bonds is 4. The van der Waals surface area contributed by atoms with Gasteiger partial charge in [-0.1, -0.05) is 67.1 Å². The summed E-state index contributed by atoms with van der Waals surface area (Å²) >= 11 is 6.00. The van der Waals surface area contributed by atoms with Crippen molar-refractivity contribution in [1.29, 1.82) is 0 Å². The summed E-state index contributed by atoms with van der Waals surface area (Å²) in [7, 11) is 0. The predicted molar refractivity (Wildman–Crippen MR) is 147 cm³/mol. The van der Waals surface area contributed by atoms with Gasteiger partial charge >= 0.3 is 6.03 Å². The number of nitrogens with zero attached hydrogens (tertiary/aromatic N) is 4. The summed E-state index contributed by atoms with van der Waals surface area (Å²) in [4.78, 5) is 15.8. The van der Waals surface area contributed by atoms with Crippen LogP contribution >= 0.6 is 11.6 Å². The highest BCUT2D eigenvalue weighted by Gasteiger charge is 2.36. The molecule has 3 aromatic carbocycles. The standard InChI is InChI=1S/C30H25ClFN5O/c1-2-26-23-19-36(30(38)33-21-15-16-25(32)24(31)18-21)28(20-10-5-3-6-11-20)27-14-9-17-35(27)29(23)37(34-26)22-12-7-4-8-13-22/h3-18,28H,2,19H2,1H3,(H,33,38)/t28-/m0/s1. The number of anilines is 1. The molecule has 1 N–H and O–H groups in total. The third-order valence-electron chi connectivity index (χ3n) is 6.85. The molecule has 1 aliphatic heterocycles. The molecule has 0 saturated heterocycles. The van der Waals surface area contributed by atoms with Gasteiger partial charge in [0.05, 0.1) is 34.7 Å². The van der Waals surface area contributed by atoms with Gasteiger partial charge in [-0.25, -0.2) is 13.9 Å². The number of carbonyl (C=O) groups is 1. The van der Waals surface area contributed by atoms with Crippen LogP contribution in [0.3, 0.4) is 0 Å². The van der Waals surface area contributed by atoms with Crippen LogP contribution in [-0.2, 0) is 13.0 Å². The molecule has 0 saturated carbocycles. The Balaban J connectivity index is 1.53. The number of carbonyl (C=O) groups excluding carboxylic acids is 1. The Morgan fingerprint density at radius 1 is 1.03 bits per heavy atom. The Kier molecular flexibility index (Phi) is 6.21. The molecule has 0 aliphatic carbocycles. The van der Waals surface area contributed by atoms with E-state index in [1.54, 1.807) is 4.90 Å². The fourth-order valence-corrected chi connectivity index (χ4v) is 5.28. The highest BCUT2D eigenvalue weighted by atomic mass is 35.5. The molecule has 5 aromatic rings. The summed E-state index contributed by atoms with van der Waals surface area (Å²) in [6.45, 7) is 2.40. The van der Waals surface area contributed by atoms with Gasteiger partial charge in [0.2, 0.25) is 0 Å². The zero-order chi connectivity index (χ0) is 26.2. The fourth-order valence-electron chi connectivity index (χ4n) is 5.10. The lowest BCUT2D eigenvalue weighted by molar-refractivity contribution is 0.194. The maximum atomic E-state index is 14.0. The van der Waals surface area contributed by atoms with Crippen LogP contribution in [0.5, 0.6) is 0 Å². The molecule has 0 unspecified atom stereocenters. The van der Waals surface area contributed by atoms with Crippen LogP contribution in [0.15, 0.2) is 97.2 Å². The summed E-state index contributed by atoms with van der Waals surface area (Å²) in [5.41, 5.74) is 5.16. The van der Waals surface area contributed by atoms with Crippen molar-refractivity contribution in [1.82, 2.24) is 19.2 Å². The van der Waals surface area contributed by atoms with E-state index in [2.05, 4.69) is 16.8 Å². The number of benzene rings is 3. The molecular formula is C30H25ClFN5O. The van der Waals surface area contributed by atoms with Crippen molar-refractivity contribution in [2.75, 3.05) is 5.32 Å². The Morgan fingerprint density at radius 2 is 1.76 bits per heavy atom. The van der Waals surface area contributed by atoms with Gasteiger partial charge in [-0.15, -0.1) is 0 Å². The number of aromatic nitrogens is 3. The molecular weight excluding hydrogens is 501 g/mol. The summed E-state index contributed by atoms with van der Waals surface area (Å²) in [6, 6.07) is 27.5. The van der Waals surface area contributed by atoms with Crippen molar-refractivity contribution in [2.45, 2.75) is 25.9 Å². The molecule has 1 aliphatic rings. The third kappa shape index (κ3) is 4.15. The molecule has 190 valence electrons. The highest BCUT2D eigenvalue weighted by Crippen LogP contribution is 2.39. The van der Waals surface area contributed by atoms with Crippen LogP contribution in [0.1, 0.15) is 35.5 Å². The van der Waals surface area contributed by atoms with Gasteiger partial charge in [-0.05, 0) is 54.4 Å². The minimum Gasteiger partial charge on any atom is -0.308 e. The van der Waals surface area contributed by atoms with Crippen molar-refractivity contribution in [3.63, 3.8) is 0 Å². The van der Waals surface area contributed by atoms with Gasteiger partial charge < -0.3 is 14.8 Å². The Bertz CT molecular complexity index is 1610. The number of halogens is 2. The van der Waals surface area contributed by atoms with Gasteiger partial charge in [-0.2, -0.15) is 5.10 Å².